The predicted molar refractivity (Wildman–Crippen MR) is 116 cm³/mol. The smallest absolute Gasteiger partial charge is 0.409 e. The summed E-state index contributed by atoms with van der Waals surface area (Å²) < 4.78 is 10.6. The molecule has 0 bridgehead atoms. The molecule has 1 heterocycles. The van der Waals surface area contributed by atoms with Crippen molar-refractivity contribution in [2.75, 3.05) is 46.0 Å². The van der Waals surface area contributed by atoms with Crippen LogP contribution < -0.4 is 10.6 Å². The molecular formula is C18H37IN4O3. The standard InChI is InChI=1S/C18H36N4O3.HI/c1-4-7-14-24-15-8-11-20-17(19-5-2)21-16-9-12-22(13-10-16)18(23)25-6-3;/h16H,4-15H2,1-3H3,(H2,19,20,21);1H. The number of nitrogens with zero attached hydrogens (tertiary/aromatic N) is 2. The van der Waals surface area contributed by atoms with Crippen molar-refractivity contribution in [3.05, 3.63) is 0 Å². The fourth-order valence-corrected chi connectivity index (χ4v) is 2.64. The Morgan fingerprint density at radius 3 is 2.46 bits per heavy atom. The minimum absolute atomic E-state index is 0. The molecule has 26 heavy (non-hydrogen) atoms. The highest BCUT2D eigenvalue weighted by atomic mass is 127. The molecule has 1 rings (SSSR count). The predicted octanol–water partition coefficient (Wildman–Crippen LogP) is 2.99. The molecule has 0 aromatic heterocycles. The number of nitrogens with one attached hydrogen (secondary N) is 2. The van der Waals surface area contributed by atoms with Gasteiger partial charge in [-0.3, -0.25) is 4.99 Å². The van der Waals surface area contributed by atoms with E-state index >= 15 is 0 Å². The number of aliphatic imine (C=N–C) groups is 1. The van der Waals surface area contributed by atoms with E-state index in [2.05, 4.69) is 29.5 Å². The highest BCUT2D eigenvalue weighted by Crippen LogP contribution is 2.11. The van der Waals surface area contributed by atoms with Gasteiger partial charge in [0, 0.05) is 45.4 Å². The van der Waals surface area contributed by atoms with Gasteiger partial charge in [-0.25, -0.2) is 4.79 Å². The second kappa shape index (κ2) is 16.4. The number of carbonyl (C=O) groups is 1. The molecule has 0 aromatic carbocycles. The van der Waals surface area contributed by atoms with Gasteiger partial charge in [-0.15, -0.1) is 24.0 Å². The van der Waals surface area contributed by atoms with Crippen molar-refractivity contribution < 1.29 is 14.3 Å². The Kier molecular flexibility index (Phi) is 15.9. The van der Waals surface area contributed by atoms with Crippen LogP contribution in [0.3, 0.4) is 0 Å². The summed E-state index contributed by atoms with van der Waals surface area (Å²) in [6.45, 7) is 11.1. The maximum atomic E-state index is 11.7. The van der Waals surface area contributed by atoms with Crippen LogP contribution in [0, 0.1) is 0 Å². The monoisotopic (exact) mass is 484 g/mol. The van der Waals surface area contributed by atoms with E-state index in [0.717, 1.165) is 71.0 Å². The average Bonchev–Trinajstić information content (AvgIpc) is 2.62. The minimum Gasteiger partial charge on any atom is -0.450 e. The maximum Gasteiger partial charge on any atom is 0.409 e. The molecular weight excluding hydrogens is 447 g/mol. The van der Waals surface area contributed by atoms with Crippen LogP contribution in [-0.4, -0.2) is 69.0 Å². The lowest BCUT2D eigenvalue weighted by Crippen LogP contribution is -2.49. The topological polar surface area (TPSA) is 75.2 Å². The van der Waals surface area contributed by atoms with Crippen LogP contribution in [0.1, 0.15) is 52.9 Å². The zero-order chi connectivity index (χ0) is 18.3. The summed E-state index contributed by atoms with van der Waals surface area (Å²) in [5, 5.41) is 6.77. The average molecular weight is 484 g/mol. The summed E-state index contributed by atoms with van der Waals surface area (Å²) in [5.41, 5.74) is 0. The molecule has 0 aliphatic carbocycles. The molecule has 1 aliphatic heterocycles. The highest BCUT2D eigenvalue weighted by molar-refractivity contribution is 14.0. The minimum atomic E-state index is -0.204. The Labute approximate surface area is 175 Å². The molecule has 1 saturated heterocycles. The number of hydrogen-bond donors (Lipinski definition) is 2. The summed E-state index contributed by atoms with van der Waals surface area (Å²) in [5.74, 6) is 0.852. The first-order valence-corrected chi connectivity index (χ1v) is 9.75. The summed E-state index contributed by atoms with van der Waals surface area (Å²) in [7, 11) is 0. The van der Waals surface area contributed by atoms with E-state index in [1.165, 1.54) is 6.42 Å². The number of unbranched alkanes of at least 4 members (excludes halogenated alkanes) is 1. The number of amides is 1. The Morgan fingerprint density at radius 2 is 1.85 bits per heavy atom. The molecule has 7 nitrogen and oxygen atoms in total. The molecule has 2 N–H and O–H groups in total. The van der Waals surface area contributed by atoms with E-state index in [1.54, 1.807) is 4.90 Å². The van der Waals surface area contributed by atoms with Crippen molar-refractivity contribution in [2.24, 2.45) is 4.99 Å². The zero-order valence-corrected chi connectivity index (χ0v) is 18.9. The van der Waals surface area contributed by atoms with Crippen LogP contribution in [0.25, 0.3) is 0 Å². The normalized spacial score (nSPS) is 15.3. The highest BCUT2D eigenvalue weighted by Gasteiger charge is 2.23. The summed E-state index contributed by atoms with van der Waals surface area (Å²) in [4.78, 5) is 18.1. The van der Waals surface area contributed by atoms with Gasteiger partial charge in [0.2, 0.25) is 0 Å². The second-order valence-electron chi connectivity index (χ2n) is 6.18. The van der Waals surface area contributed by atoms with Crippen LogP contribution in [0.2, 0.25) is 0 Å². The van der Waals surface area contributed by atoms with E-state index < -0.39 is 0 Å². The SMILES string of the molecule is CCCCOCCCN=C(NCC)NC1CCN(C(=O)OCC)CC1.I. The van der Waals surface area contributed by atoms with Gasteiger partial charge in [-0.2, -0.15) is 0 Å². The molecule has 0 saturated carbocycles. The third-order valence-corrected chi connectivity index (χ3v) is 4.06. The van der Waals surface area contributed by atoms with Gasteiger partial charge < -0.3 is 25.0 Å². The van der Waals surface area contributed by atoms with Gasteiger partial charge in [0.25, 0.3) is 0 Å². The van der Waals surface area contributed by atoms with Crippen LogP contribution in [0.5, 0.6) is 0 Å². The molecule has 0 aromatic rings. The maximum absolute atomic E-state index is 11.7. The molecule has 154 valence electrons. The molecule has 0 spiro atoms. The fraction of sp³-hybridized carbons (Fsp3) is 0.889. The Balaban J connectivity index is 0.00000625. The number of halogens is 1. The van der Waals surface area contributed by atoms with Crippen LogP contribution in [0.15, 0.2) is 4.99 Å². The van der Waals surface area contributed by atoms with Gasteiger partial charge >= 0.3 is 6.09 Å². The van der Waals surface area contributed by atoms with Crippen LogP contribution in [0.4, 0.5) is 4.79 Å². The lowest BCUT2D eigenvalue weighted by Gasteiger charge is -2.32. The van der Waals surface area contributed by atoms with Gasteiger partial charge in [0.1, 0.15) is 0 Å². The number of carbonyl (C=O) groups excluding carboxylic acids is 1. The van der Waals surface area contributed by atoms with Gasteiger partial charge in [-0.05, 0) is 39.5 Å². The van der Waals surface area contributed by atoms with Crippen molar-refractivity contribution in [3.63, 3.8) is 0 Å². The molecule has 8 heteroatoms. The number of ether oxygens (including phenoxy) is 2. The van der Waals surface area contributed by atoms with E-state index in [-0.39, 0.29) is 30.1 Å². The van der Waals surface area contributed by atoms with Gasteiger partial charge in [0.15, 0.2) is 5.96 Å². The molecule has 1 fully saturated rings. The van der Waals surface area contributed by atoms with E-state index in [9.17, 15) is 4.79 Å². The second-order valence-corrected chi connectivity index (χ2v) is 6.18. The Morgan fingerprint density at radius 1 is 1.15 bits per heavy atom. The van der Waals surface area contributed by atoms with Gasteiger partial charge in [-0.1, -0.05) is 13.3 Å². The lowest BCUT2D eigenvalue weighted by atomic mass is 10.1. The molecule has 0 atom stereocenters. The van der Waals surface area contributed by atoms with Crippen molar-refractivity contribution in [1.29, 1.82) is 0 Å². The summed E-state index contributed by atoms with van der Waals surface area (Å²) in [6, 6.07) is 0.337. The van der Waals surface area contributed by atoms with Crippen molar-refractivity contribution >= 4 is 36.0 Å². The Bertz CT molecular complexity index is 389. The van der Waals surface area contributed by atoms with Crippen molar-refractivity contribution in [2.45, 2.75) is 58.9 Å². The quantitative estimate of drug-likeness (QED) is 0.216. The largest absolute Gasteiger partial charge is 0.450 e. The number of piperidine rings is 1. The van der Waals surface area contributed by atoms with Gasteiger partial charge in [0.05, 0.1) is 6.61 Å². The van der Waals surface area contributed by atoms with Crippen LogP contribution >= 0.6 is 24.0 Å². The lowest BCUT2D eigenvalue weighted by molar-refractivity contribution is 0.0963. The first-order valence-electron chi connectivity index (χ1n) is 9.75. The van der Waals surface area contributed by atoms with E-state index in [0.29, 0.717) is 12.6 Å². The number of guanidine groups is 1. The third-order valence-electron chi connectivity index (χ3n) is 4.06. The number of likely N-dealkylation sites (tertiary alicyclic amines) is 1. The molecule has 1 amide bonds. The summed E-state index contributed by atoms with van der Waals surface area (Å²) in [6.07, 6.45) is 4.83. The van der Waals surface area contributed by atoms with E-state index in [4.69, 9.17) is 9.47 Å². The fourth-order valence-electron chi connectivity index (χ4n) is 2.64. The summed E-state index contributed by atoms with van der Waals surface area (Å²) >= 11 is 0. The molecule has 0 unspecified atom stereocenters. The molecule has 1 aliphatic rings. The third kappa shape index (κ3) is 11.1. The van der Waals surface area contributed by atoms with Crippen molar-refractivity contribution in [3.8, 4) is 0 Å². The van der Waals surface area contributed by atoms with E-state index in [1.807, 2.05) is 6.92 Å². The first kappa shape index (κ1) is 25.2. The van der Waals surface area contributed by atoms with Crippen LogP contribution in [-0.2, 0) is 9.47 Å². The number of rotatable bonds is 10. The first-order chi connectivity index (χ1) is 12.2. The van der Waals surface area contributed by atoms with Crippen molar-refractivity contribution in [1.82, 2.24) is 15.5 Å². The molecule has 0 radical (unpaired) electrons. The number of hydrogen-bond acceptors (Lipinski definition) is 4. The zero-order valence-electron chi connectivity index (χ0n) is 16.6. The Hall–Kier alpha value is -0.770.